The SMILES string of the molecule is COC(OC)c1ccc(-c2nnc(C(F)F)o2)cn1. The third-order valence-electron chi connectivity index (χ3n) is 2.33. The number of ether oxygens (including phenoxy) is 2. The number of hydrogen-bond donors (Lipinski definition) is 0. The fourth-order valence-corrected chi connectivity index (χ4v) is 1.45. The van der Waals surface area contributed by atoms with Crippen LogP contribution in [0.1, 0.15) is 24.3 Å². The van der Waals surface area contributed by atoms with Crippen molar-refractivity contribution in [3.8, 4) is 11.5 Å². The Balaban J connectivity index is 2.21. The van der Waals surface area contributed by atoms with Crippen LogP contribution in [0, 0.1) is 0 Å². The van der Waals surface area contributed by atoms with Gasteiger partial charge in [0.25, 0.3) is 5.89 Å². The van der Waals surface area contributed by atoms with Gasteiger partial charge < -0.3 is 13.9 Å². The van der Waals surface area contributed by atoms with Gasteiger partial charge in [0.15, 0.2) is 0 Å². The fourth-order valence-electron chi connectivity index (χ4n) is 1.45. The molecule has 0 saturated carbocycles. The lowest BCUT2D eigenvalue weighted by atomic mass is 10.2. The minimum Gasteiger partial charge on any atom is -0.415 e. The van der Waals surface area contributed by atoms with E-state index in [9.17, 15) is 8.78 Å². The maximum absolute atomic E-state index is 12.3. The molecule has 0 aliphatic rings. The van der Waals surface area contributed by atoms with Crippen molar-refractivity contribution in [2.24, 2.45) is 0 Å². The molecule has 0 aliphatic heterocycles. The van der Waals surface area contributed by atoms with Crippen LogP contribution < -0.4 is 0 Å². The van der Waals surface area contributed by atoms with Crippen LogP contribution in [0.15, 0.2) is 22.7 Å². The molecule has 0 saturated heterocycles. The van der Waals surface area contributed by atoms with Gasteiger partial charge in [-0.3, -0.25) is 4.98 Å². The number of aromatic nitrogens is 3. The van der Waals surface area contributed by atoms with Gasteiger partial charge in [0.2, 0.25) is 12.2 Å². The Morgan fingerprint density at radius 2 is 1.89 bits per heavy atom. The van der Waals surface area contributed by atoms with Crippen molar-refractivity contribution in [1.82, 2.24) is 15.2 Å². The molecule has 102 valence electrons. The Morgan fingerprint density at radius 1 is 1.16 bits per heavy atom. The molecule has 0 spiro atoms. The second kappa shape index (κ2) is 5.81. The summed E-state index contributed by atoms with van der Waals surface area (Å²) in [6.07, 6.45) is -1.96. The summed E-state index contributed by atoms with van der Waals surface area (Å²) in [5.74, 6) is -0.730. The molecule has 0 fully saturated rings. The zero-order chi connectivity index (χ0) is 13.8. The average Bonchev–Trinajstić information content (AvgIpc) is 2.91. The number of pyridine rings is 1. The Hall–Kier alpha value is -1.93. The minimum absolute atomic E-state index is 0.0132. The van der Waals surface area contributed by atoms with Crippen molar-refractivity contribution in [2.75, 3.05) is 14.2 Å². The van der Waals surface area contributed by atoms with Gasteiger partial charge in [0.05, 0.1) is 11.3 Å². The van der Waals surface area contributed by atoms with Gasteiger partial charge in [-0.15, -0.1) is 10.2 Å². The van der Waals surface area contributed by atoms with E-state index >= 15 is 0 Å². The first-order chi connectivity index (χ1) is 9.15. The van der Waals surface area contributed by atoms with Gasteiger partial charge in [-0.05, 0) is 12.1 Å². The molecule has 19 heavy (non-hydrogen) atoms. The highest BCUT2D eigenvalue weighted by Crippen LogP contribution is 2.24. The first kappa shape index (κ1) is 13.5. The lowest BCUT2D eigenvalue weighted by molar-refractivity contribution is -0.108. The molecule has 2 aromatic rings. The topological polar surface area (TPSA) is 70.3 Å². The van der Waals surface area contributed by atoms with E-state index in [4.69, 9.17) is 13.9 Å². The van der Waals surface area contributed by atoms with Crippen LogP contribution in [-0.2, 0) is 9.47 Å². The molecule has 0 unspecified atom stereocenters. The number of methoxy groups -OCH3 is 2. The van der Waals surface area contributed by atoms with Gasteiger partial charge in [0.1, 0.15) is 0 Å². The smallest absolute Gasteiger partial charge is 0.314 e. The van der Waals surface area contributed by atoms with E-state index in [1.54, 1.807) is 12.1 Å². The van der Waals surface area contributed by atoms with Gasteiger partial charge in [-0.2, -0.15) is 8.78 Å². The fraction of sp³-hybridized carbons (Fsp3) is 0.364. The third-order valence-corrected chi connectivity index (χ3v) is 2.33. The third kappa shape index (κ3) is 2.91. The van der Waals surface area contributed by atoms with Gasteiger partial charge in [-0.1, -0.05) is 0 Å². The van der Waals surface area contributed by atoms with Crippen LogP contribution in [0.3, 0.4) is 0 Å². The van der Waals surface area contributed by atoms with E-state index in [1.165, 1.54) is 20.4 Å². The summed E-state index contributed by atoms with van der Waals surface area (Å²) in [6.45, 7) is 0. The van der Waals surface area contributed by atoms with Crippen molar-refractivity contribution in [3.05, 3.63) is 29.9 Å². The largest absolute Gasteiger partial charge is 0.415 e. The molecule has 2 aromatic heterocycles. The standard InChI is InChI=1S/C11H11F2N3O3/c1-17-11(18-2)7-4-3-6(5-14-7)9-15-16-10(19-9)8(12)13/h3-5,8,11H,1-2H3. The summed E-state index contributed by atoms with van der Waals surface area (Å²) in [7, 11) is 2.97. The second-order valence-electron chi connectivity index (χ2n) is 3.52. The highest BCUT2D eigenvalue weighted by molar-refractivity contribution is 5.50. The van der Waals surface area contributed by atoms with Crippen molar-refractivity contribution < 1.29 is 22.7 Å². The number of hydrogen-bond acceptors (Lipinski definition) is 6. The van der Waals surface area contributed by atoms with Crippen LogP contribution >= 0.6 is 0 Å². The predicted molar refractivity (Wildman–Crippen MR) is 59.2 cm³/mol. The minimum atomic E-state index is -2.79. The maximum atomic E-state index is 12.3. The molecule has 0 N–H and O–H groups in total. The zero-order valence-corrected chi connectivity index (χ0v) is 10.2. The van der Waals surface area contributed by atoms with Crippen LogP contribution in [0.4, 0.5) is 8.78 Å². The van der Waals surface area contributed by atoms with Crippen LogP contribution in [0.2, 0.25) is 0 Å². The Morgan fingerprint density at radius 3 is 2.37 bits per heavy atom. The molecule has 0 radical (unpaired) electrons. The van der Waals surface area contributed by atoms with E-state index < -0.39 is 18.6 Å². The highest BCUT2D eigenvalue weighted by atomic mass is 19.3. The first-order valence-corrected chi connectivity index (χ1v) is 5.29. The van der Waals surface area contributed by atoms with Crippen molar-refractivity contribution in [3.63, 3.8) is 0 Å². The Labute approximate surface area is 107 Å². The van der Waals surface area contributed by atoms with E-state index in [2.05, 4.69) is 15.2 Å². The molecular weight excluding hydrogens is 260 g/mol. The highest BCUT2D eigenvalue weighted by Gasteiger charge is 2.17. The summed E-state index contributed by atoms with van der Waals surface area (Å²) in [6, 6.07) is 3.23. The van der Waals surface area contributed by atoms with E-state index in [1.807, 2.05) is 0 Å². The van der Waals surface area contributed by atoms with Gasteiger partial charge >= 0.3 is 6.43 Å². The maximum Gasteiger partial charge on any atom is 0.314 e. The molecule has 0 aromatic carbocycles. The van der Waals surface area contributed by atoms with Crippen molar-refractivity contribution >= 4 is 0 Å². The normalized spacial score (nSPS) is 11.5. The lowest BCUT2D eigenvalue weighted by Crippen LogP contribution is -2.05. The molecule has 8 heteroatoms. The molecule has 0 bridgehead atoms. The molecular formula is C11H11F2N3O3. The number of nitrogens with zero attached hydrogens (tertiary/aromatic N) is 3. The Bertz CT molecular complexity index is 526. The summed E-state index contributed by atoms with van der Waals surface area (Å²) < 4.78 is 39.5. The second-order valence-corrected chi connectivity index (χ2v) is 3.52. The molecule has 6 nitrogen and oxygen atoms in total. The van der Waals surface area contributed by atoms with Crippen LogP contribution in [0.5, 0.6) is 0 Å². The van der Waals surface area contributed by atoms with Crippen molar-refractivity contribution in [2.45, 2.75) is 12.7 Å². The van der Waals surface area contributed by atoms with Gasteiger partial charge in [0, 0.05) is 20.4 Å². The lowest BCUT2D eigenvalue weighted by Gasteiger charge is -2.12. The average molecular weight is 271 g/mol. The van der Waals surface area contributed by atoms with E-state index in [0.717, 1.165) is 0 Å². The predicted octanol–water partition coefficient (Wildman–Crippen LogP) is 2.36. The Kier molecular flexibility index (Phi) is 4.13. The summed E-state index contributed by atoms with van der Waals surface area (Å²) in [5, 5.41) is 6.76. The van der Waals surface area contributed by atoms with Gasteiger partial charge in [-0.25, -0.2) is 0 Å². The summed E-state index contributed by atoms with van der Waals surface area (Å²) in [5.41, 5.74) is 0.983. The van der Waals surface area contributed by atoms with Crippen LogP contribution in [0.25, 0.3) is 11.5 Å². The van der Waals surface area contributed by atoms with E-state index in [-0.39, 0.29) is 5.89 Å². The number of halogens is 2. The summed E-state index contributed by atoms with van der Waals surface area (Å²) in [4.78, 5) is 4.09. The number of rotatable bonds is 5. The zero-order valence-electron chi connectivity index (χ0n) is 10.2. The summed E-state index contributed by atoms with van der Waals surface area (Å²) >= 11 is 0. The molecule has 2 heterocycles. The van der Waals surface area contributed by atoms with Crippen molar-refractivity contribution in [1.29, 1.82) is 0 Å². The first-order valence-electron chi connectivity index (χ1n) is 5.29. The molecule has 0 aliphatic carbocycles. The molecule has 0 amide bonds. The quantitative estimate of drug-likeness (QED) is 0.777. The monoisotopic (exact) mass is 271 g/mol. The van der Waals surface area contributed by atoms with Crippen LogP contribution in [-0.4, -0.2) is 29.4 Å². The molecule has 2 rings (SSSR count). The molecule has 0 atom stereocenters. The van der Waals surface area contributed by atoms with E-state index in [0.29, 0.717) is 11.3 Å². The number of alkyl halides is 2.